The number of rotatable bonds is 2. The summed E-state index contributed by atoms with van der Waals surface area (Å²) in [6.07, 6.45) is 1.76. The number of aldehydes is 1. The molecule has 0 N–H and O–H groups in total. The van der Waals surface area contributed by atoms with E-state index in [2.05, 4.69) is 22.0 Å². The number of aromatic nitrogens is 1. The largest absolute Gasteiger partial charge is 0.317 e. The first-order valence-corrected chi connectivity index (χ1v) is 6.46. The minimum absolute atomic E-state index is 0.296. The quantitative estimate of drug-likeness (QED) is 0.781. The summed E-state index contributed by atoms with van der Waals surface area (Å²) in [6.45, 7) is 0.890. The molecule has 1 aliphatic heterocycles. The van der Waals surface area contributed by atoms with E-state index in [-0.39, 0.29) is 0 Å². The van der Waals surface area contributed by atoms with Crippen LogP contribution in [0.15, 0.2) is 24.3 Å². The van der Waals surface area contributed by atoms with Crippen LogP contribution in [0.25, 0.3) is 0 Å². The molecule has 5 heteroatoms. The fourth-order valence-electron chi connectivity index (χ4n) is 2.03. The van der Waals surface area contributed by atoms with Gasteiger partial charge >= 0.3 is 0 Å². The maximum Gasteiger partial charge on any atom is 0.192 e. The summed E-state index contributed by atoms with van der Waals surface area (Å²) in [5.74, 6) is 0. The summed E-state index contributed by atoms with van der Waals surface area (Å²) in [4.78, 5) is 17.6. The van der Waals surface area contributed by atoms with Crippen molar-refractivity contribution in [3.05, 3.63) is 39.9 Å². The Bertz CT molecular complexity index is 582. The minimum Gasteiger partial charge on any atom is -0.317 e. The van der Waals surface area contributed by atoms with Crippen LogP contribution in [0.3, 0.4) is 0 Å². The minimum atomic E-state index is 0.296. The van der Waals surface area contributed by atoms with Crippen molar-refractivity contribution in [2.45, 2.75) is 6.42 Å². The third-order valence-electron chi connectivity index (χ3n) is 2.82. The number of hydrogen-bond donors (Lipinski definition) is 0. The summed E-state index contributed by atoms with van der Waals surface area (Å²) in [5.41, 5.74) is 2.47. The molecule has 3 rings (SSSR count). The molecule has 1 aromatic carbocycles. The SMILES string of the molecule is O=Cc1sc(N2CCc3ccccc32)nc1Cl. The average molecular weight is 265 g/mol. The molecule has 0 saturated carbocycles. The van der Waals surface area contributed by atoms with E-state index in [1.165, 1.54) is 16.9 Å². The molecule has 0 aliphatic carbocycles. The van der Waals surface area contributed by atoms with Gasteiger partial charge < -0.3 is 4.90 Å². The van der Waals surface area contributed by atoms with Gasteiger partial charge in [-0.15, -0.1) is 0 Å². The van der Waals surface area contributed by atoms with Crippen LogP contribution < -0.4 is 4.90 Å². The van der Waals surface area contributed by atoms with Gasteiger partial charge in [0.2, 0.25) is 0 Å². The van der Waals surface area contributed by atoms with Crippen LogP contribution in [0.2, 0.25) is 5.15 Å². The van der Waals surface area contributed by atoms with Crippen molar-refractivity contribution in [2.24, 2.45) is 0 Å². The molecule has 3 nitrogen and oxygen atoms in total. The van der Waals surface area contributed by atoms with E-state index in [9.17, 15) is 4.79 Å². The number of carbonyl (C=O) groups excluding carboxylic acids is 1. The van der Waals surface area contributed by atoms with Crippen molar-refractivity contribution in [1.29, 1.82) is 0 Å². The molecule has 2 aromatic rings. The molecule has 0 saturated heterocycles. The molecule has 0 bridgehead atoms. The number of anilines is 2. The van der Waals surface area contributed by atoms with Crippen LogP contribution in [0, 0.1) is 0 Å². The van der Waals surface area contributed by atoms with E-state index in [1.807, 2.05) is 12.1 Å². The van der Waals surface area contributed by atoms with Crippen molar-refractivity contribution < 1.29 is 4.79 Å². The van der Waals surface area contributed by atoms with Crippen molar-refractivity contribution >= 4 is 40.0 Å². The van der Waals surface area contributed by atoms with Gasteiger partial charge in [-0.1, -0.05) is 41.1 Å². The molecule has 17 heavy (non-hydrogen) atoms. The number of carbonyl (C=O) groups is 1. The Morgan fingerprint density at radius 3 is 3.00 bits per heavy atom. The summed E-state index contributed by atoms with van der Waals surface area (Å²) in [5, 5.41) is 1.09. The highest BCUT2D eigenvalue weighted by molar-refractivity contribution is 7.17. The van der Waals surface area contributed by atoms with Gasteiger partial charge in [-0.3, -0.25) is 4.79 Å². The van der Waals surface area contributed by atoms with Gasteiger partial charge in [0.05, 0.1) is 0 Å². The summed E-state index contributed by atoms with van der Waals surface area (Å²) >= 11 is 7.23. The van der Waals surface area contributed by atoms with Crippen LogP contribution in [0.5, 0.6) is 0 Å². The number of nitrogens with zero attached hydrogens (tertiary/aromatic N) is 2. The van der Waals surface area contributed by atoms with Crippen molar-refractivity contribution in [2.75, 3.05) is 11.4 Å². The molecule has 0 spiro atoms. The zero-order valence-electron chi connectivity index (χ0n) is 8.89. The number of thiazole rings is 1. The Morgan fingerprint density at radius 2 is 2.24 bits per heavy atom. The molecule has 2 heterocycles. The van der Waals surface area contributed by atoms with Crippen LogP contribution >= 0.6 is 22.9 Å². The highest BCUT2D eigenvalue weighted by atomic mass is 35.5. The molecule has 0 amide bonds. The average Bonchev–Trinajstić information content (AvgIpc) is 2.92. The van der Waals surface area contributed by atoms with Gasteiger partial charge in [-0.25, -0.2) is 4.98 Å². The standard InChI is InChI=1S/C12H9ClN2OS/c13-11-10(7-16)17-12(14-11)15-6-5-8-3-1-2-4-9(8)15/h1-4,7H,5-6H2. The molecule has 1 aliphatic rings. The maximum atomic E-state index is 10.8. The van der Waals surface area contributed by atoms with E-state index in [1.54, 1.807) is 0 Å². The van der Waals surface area contributed by atoms with Crippen LogP contribution in [-0.4, -0.2) is 17.8 Å². The third kappa shape index (κ3) is 1.73. The summed E-state index contributed by atoms with van der Waals surface area (Å²) < 4.78 is 0. The van der Waals surface area contributed by atoms with Gasteiger partial charge in [0.25, 0.3) is 0 Å². The van der Waals surface area contributed by atoms with Gasteiger partial charge in [-0.05, 0) is 18.1 Å². The second-order valence-corrected chi connectivity index (χ2v) is 5.17. The predicted octanol–water partition coefficient (Wildman–Crippen LogP) is 3.30. The molecule has 0 unspecified atom stereocenters. The van der Waals surface area contributed by atoms with E-state index < -0.39 is 0 Å². The van der Waals surface area contributed by atoms with Gasteiger partial charge in [0, 0.05) is 12.2 Å². The first kappa shape index (κ1) is 10.7. The topological polar surface area (TPSA) is 33.2 Å². The van der Waals surface area contributed by atoms with E-state index in [4.69, 9.17) is 11.6 Å². The number of hydrogen-bond acceptors (Lipinski definition) is 4. The number of halogens is 1. The molecule has 1 aromatic heterocycles. The van der Waals surface area contributed by atoms with Gasteiger partial charge in [-0.2, -0.15) is 0 Å². The predicted molar refractivity (Wildman–Crippen MR) is 69.7 cm³/mol. The highest BCUT2D eigenvalue weighted by Crippen LogP contribution is 2.38. The molecular formula is C12H9ClN2OS. The first-order chi connectivity index (χ1) is 8.29. The lowest BCUT2D eigenvalue weighted by Crippen LogP contribution is -2.12. The molecule has 0 radical (unpaired) electrons. The Hall–Kier alpha value is -1.39. The lowest BCUT2D eigenvalue weighted by Gasteiger charge is -2.15. The Morgan fingerprint density at radius 1 is 1.41 bits per heavy atom. The Labute approximate surface area is 108 Å². The Balaban J connectivity index is 2.03. The van der Waals surface area contributed by atoms with Crippen LogP contribution in [0.1, 0.15) is 15.2 Å². The normalized spacial score (nSPS) is 13.8. The van der Waals surface area contributed by atoms with Gasteiger partial charge in [0.15, 0.2) is 16.6 Å². The second kappa shape index (κ2) is 4.13. The van der Waals surface area contributed by atoms with E-state index in [0.29, 0.717) is 10.0 Å². The summed E-state index contributed by atoms with van der Waals surface area (Å²) in [7, 11) is 0. The third-order valence-corrected chi connectivity index (χ3v) is 4.23. The first-order valence-electron chi connectivity index (χ1n) is 5.26. The molecule has 86 valence electrons. The number of para-hydroxylation sites is 1. The fourth-order valence-corrected chi connectivity index (χ4v) is 3.13. The number of benzene rings is 1. The van der Waals surface area contributed by atoms with Crippen LogP contribution in [-0.2, 0) is 6.42 Å². The lowest BCUT2D eigenvalue weighted by atomic mass is 10.2. The number of fused-ring (bicyclic) bond motifs is 1. The fraction of sp³-hybridized carbons (Fsp3) is 0.167. The molecular weight excluding hydrogens is 256 g/mol. The molecule has 0 atom stereocenters. The van der Waals surface area contributed by atoms with Crippen LogP contribution in [0.4, 0.5) is 10.8 Å². The van der Waals surface area contributed by atoms with E-state index >= 15 is 0 Å². The second-order valence-electron chi connectivity index (χ2n) is 3.80. The monoisotopic (exact) mass is 264 g/mol. The zero-order valence-corrected chi connectivity index (χ0v) is 10.5. The summed E-state index contributed by atoms with van der Waals surface area (Å²) in [6, 6.07) is 8.23. The van der Waals surface area contributed by atoms with Crippen molar-refractivity contribution in [3.63, 3.8) is 0 Å². The smallest absolute Gasteiger partial charge is 0.192 e. The zero-order chi connectivity index (χ0) is 11.8. The van der Waals surface area contributed by atoms with Crippen molar-refractivity contribution in [3.8, 4) is 0 Å². The van der Waals surface area contributed by atoms with Crippen molar-refractivity contribution in [1.82, 2.24) is 4.98 Å². The maximum absolute atomic E-state index is 10.8. The van der Waals surface area contributed by atoms with Gasteiger partial charge in [0.1, 0.15) is 4.88 Å². The lowest BCUT2D eigenvalue weighted by molar-refractivity contribution is 0.112. The molecule has 0 fully saturated rings. The Kier molecular flexibility index (Phi) is 2.61. The van der Waals surface area contributed by atoms with E-state index in [0.717, 1.165) is 30.1 Å². The highest BCUT2D eigenvalue weighted by Gasteiger charge is 2.23.